The van der Waals surface area contributed by atoms with Gasteiger partial charge in [-0.3, -0.25) is 0 Å². The summed E-state index contributed by atoms with van der Waals surface area (Å²) in [6.45, 7) is 0. The third-order valence-electron chi connectivity index (χ3n) is 1.81. The largest absolute Gasteiger partial charge is 0.356 e. The Morgan fingerprint density at radius 1 is 1.17 bits per heavy atom. The zero-order valence-corrected chi connectivity index (χ0v) is 6.20. The van der Waals surface area contributed by atoms with E-state index in [1.807, 2.05) is 0 Å². The number of aromatic amines is 1. The summed E-state index contributed by atoms with van der Waals surface area (Å²) in [6.07, 6.45) is 1.61. The predicted octanol–water partition coefficient (Wildman–Crippen LogP) is 1.32. The number of fused-ring (bicyclic) bond motifs is 1. The molecule has 0 amide bonds. The standard InChI is InChI=1S/C8H6F2N2/c9-5-1-4-7(11)3-12-8(4)2-6(5)10/h1-3,12H,11H2/p+1. The summed E-state index contributed by atoms with van der Waals surface area (Å²) in [5.41, 5.74) is 4.90. The normalized spacial score (nSPS) is 10.9. The van der Waals surface area contributed by atoms with Gasteiger partial charge in [0.15, 0.2) is 17.3 Å². The highest BCUT2D eigenvalue weighted by Crippen LogP contribution is 2.21. The number of hydrogen-bond donors (Lipinski definition) is 2. The number of aromatic nitrogens is 1. The second-order valence-electron chi connectivity index (χ2n) is 2.63. The topological polar surface area (TPSA) is 43.4 Å². The van der Waals surface area contributed by atoms with Crippen LogP contribution in [0, 0.1) is 11.6 Å². The van der Waals surface area contributed by atoms with Crippen LogP contribution in [0.2, 0.25) is 0 Å². The fraction of sp³-hybridized carbons (Fsp3) is 0. The maximum atomic E-state index is 12.7. The van der Waals surface area contributed by atoms with Crippen molar-refractivity contribution in [2.75, 3.05) is 0 Å². The lowest BCUT2D eigenvalue weighted by Crippen LogP contribution is -2.39. The van der Waals surface area contributed by atoms with E-state index in [1.54, 1.807) is 6.20 Å². The van der Waals surface area contributed by atoms with Crippen molar-refractivity contribution in [2.24, 2.45) is 0 Å². The first kappa shape index (κ1) is 7.24. The minimum Gasteiger partial charge on any atom is -0.356 e. The van der Waals surface area contributed by atoms with Gasteiger partial charge in [0, 0.05) is 6.07 Å². The minimum atomic E-state index is -0.843. The van der Waals surface area contributed by atoms with Crippen LogP contribution in [0.3, 0.4) is 0 Å². The molecule has 1 heterocycles. The Balaban J connectivity index is 2.87. The SMILES string of the molecule is [NH3+]c1c[nH]c2cc(F)c(F)cc12. The molecule has 4 N–H and O–H groups in total. The lowest BCUT2D eigenvalue weighted by Gasteiger charge is -1.92. The molecule has 0 saturated heterocycles. The van der Waals surface area contributed by atoms with Crippen molar-refractivity contribution < 1.29 is 14.5 Å². The predicted molar refractivity (Wildman–Crippen MR) is 40.8 cm³/mol. The van der Waals surface area contributed by atoms with Gasteiger partial charge in [-0.15, -0.1) is 0 Å². The van der Waals surface area contributed by atoms with E-state index in [2.05, 4.69) is 10.7 Å². The quantitative estimate of drug-likeness (QED) is 0.597. The number of nitrogens with one attached hydrogen (secondary N) is 1. The molecule has 1 aromatic carbocycles. The molecule has 0 spiro atoms. The Morgan fingerprint density at radius 3 is 2.58 bits per heavy atom. The van der Waals surface area contributed by atoms with E-state index in [-0.39, 0.29) is 0 Å². The highest BCUT2D eigenvalue weighted by atomic mass is 19.2. The average Bonchev–Trinajstić information content (AvgIpc) is 2.35. The van der Waals surface area contributed by atoms with Crippen molar-refractivity contribution in [3.8, 4) is 0 Å². The molecule has 62 valence electrons. The fourth-order valence-electron chi connectivity index (χ4n) is 1.17. The average molecular weight is 169 g/mol. The number of H-pyrrole nitrogens is 1. The van der Waals surface area contributed by atoms with Gasteiger partial charge in [0.1, 0.15) is 0 Å². The molecule has 0 unspecified atom stereocenters. The lowest BCUT2D eigenvalue weighted by molar-refractivity contribution is -0.252. The van der Waals surface area contributed by atoms with Crippen LogP contribution in [-0.2, 0) is 0 Å². The molecular weight excluding hydrogens is 162 g/mol. The number of benzene rings is 1. The summed E-state index contributed by atoms with van der Waals surface area (Å²) in [7, 11) is 0. The summed E-state index contributed by atoms with van der Waals surface area (Å²) < 4.78 is 25.3. The van der Waals surface area contributed by atoms with Gasteiger partial charge in [-0.2, -0.15) is 0 Å². The van der Waals surface area contributed by atoms with Crippen LogP contribution in [0.1, 0.15) is 0 Å². The molecule has 0 atom stereocenters. The van der Waals surface area contributed by atoms with E-state index in [0.29, 0.717) is 16.6 Å². The molecule has 2 aromatic rings. The van der Waals surface area contributed by atoms with Gasteiger partial charge in [-0.05, 0) is 6.07 Å². The van der Waals surface area contributed by atoms with E-state index < -0.39 is 11.6 Å². The van der Waals surface area contributed by atoms with Gasteiger partial charge in [0.25, 0.3) is 0 Å². The first-order valence-corrected chi connectivity index (χ1v) is 3.46. The van der Waals surface area contributed by atoms with Gasteiger partial charge in [0.2, 0.25) is 0 Å². The van der Waals surface area contributed by atoms with E-state index in [4.69, 9.17) is 0 Å². The molecule has 1 aromatic heterocycles. The summed E-state index contributed by atoms with van der Waals surface area (Å²) in [5, 5.41) is 0.619. The molecule has 0 aliphatic carbocycles. The maximum Gasteiger partial charge on any atom is 0.160 e. The van der Waals surface area contributed by atoms with E-state index in [0.717, 1.165) is 12.1 Å². The van der Waals surface area contributed by atoms with Crippen molar-refractivity contribution in [1.29, 1.82) is 0 Å². The molecule has 0 aliphatic heterocycles. The van der Waals surface area contributed by atoms with E-state index in [1.165, 1.54) is 0 Å². The van der Waals surface area contributed by atoms with Crippen molar-refractivity contribution >= 4 is 16.6 Å². The van der Waals surface area contributed by atoms with Crippen molar-refractivity contribution in [3.05, 3.63) is 30.0 Å². The Labute approximate surface area is 67.0 Å². The van der Waals surface area contributed by atoms with Crippen LogP contribution >= 0.6 is 0 Å². The third kappa shape index (κ3) is 0.887. The molecule has 0 bridgehead atoms. The van der Waals surface area contributed by atoms with Gasteiger partial charge < -0.3 is 10.7 Å². The summed E-state index contributed by atoms with van der Waals surface area (Å²) in [5.74, 6) is -1.68. The first-order valence-electron chi connectivity index (χ1n) is 3.46. The Kier molecular flexibility index (Phi) is 1.38. The molecule has 12 heavy (non-hydrogen) atoms. The Morgan fingerprint density at radius 2 is 1.83 bits per heavy atom. The fourth-order valence-corrected chi connectivity index (χ4v) is 1.17. The van der Waals surface area contributed by atoms with Crippen LogP contribution in [0.4, 0.5) is 14.5 Å². The van der Waals surface area contributed by atoms with Crippen LogP contribution in [0.15, 0.2) is 18.3 Å². The third-order valence-corrected chi connectivity index (χ3v) is 1.81. The Hall–Kier alpha value is -1.42. The number of hydrogen-bond acceptors (Lipinski definition) is 0. The maximum absolute atomic E-state index is 12.7. The highest BCUT2D eigenvalue weighted by molar-refractivity contribution is 5.88. The van der Waals surface area contributed by atoms with Crippen LogP contribution in [0.5, 0.6) is 0 Å². The highest BCUT2D eigenvalue weighted by Gasteiger charge is 2.08. The molecule has 0 radical (unpaired) electrons. The molecule has 2 nitrogen and oxygen atoms in total. The van der Waals surface area contributed by atoms with Gasteiger partial charge in [-0.25, -0.2) is 8.78 Å². The molecule has 0 aliphatic rings. The monoisotopic (exact) mass is 169 g/mol. The minimum absolute atomic E-state index is 0.568. The van der Waals surface area contributed by atoms with Crippen molar-refractivity contribution in [3.63, 3.8) is 0 Å². The summed E-state index contributed by atoms with van der Waals surface area (Å²) >= 11 is 0. The van der Waals surface area contributed by atoms with Crippen molar-refractivity contribution in [2.45, 2.75) is 0 Å². The number of halogens is 2. The number of quaternary nitrogens is 1. The van der Waals surface area contributed by atoms with E-state index >= 15 is 0 Å². The Bertz CT molecular complexity index is 434. The van der Waals surface area contributed by atoms with Crippen LogP contribution in [-0.4, -0.2) is 4.98 Å². The van der Waals surface area contributed by atoms with E-state index in [9.17, 15) is 8.78 Å². The van der Waals surface area contributed by atoms with Crippen LogP contribution < -0.4 is 5.73 Å². The smallest absolute Gasteiger partial charge is 0.160 e. The lowest BCUT2D eigenvalue weighted by atomic mass is 10.2. The first-order chi connectivity index (χ1) is 5.68. The molecule has 0 fully saturated rings. The van der Waals surface area contributed by atoms with Gasteiger partial charge >= 0.3 is 0 Å². The molecule has 4 heteroatoms. The second kappa shape index (κ2) is 2.28. The molecule has 0 saturated carbocycles. The van der Waals surface area contributed by atoms with Crippen molar-refractivity contribution in [1.82, 2.24) is 4.98 Å². The second-order valence-corrected chi connectivity index (χ2v) is 2.63. The molecule has 2 rings (SSSR count). The zero-order chi connectivity index (χ0) is 8.72. The summed E-state index contributed by atoms with van der Waals surface area (Å²) in [4.78, 5) is 2.79. The van der Waals surface area contributed by atoms with Gasteiger partial charge in [-0.1, -0.05) is 0 Å². The number of rotatable bonds is 0. The zero-order valence-electron chi connectivity index (χ0n) is 6.20. The van der Waals surface area contributed by atoms with Gasteiger partial charge in [0.05, 0.1) is 17.1 Å². The molecular formula is C8H7F2N2+. The van der Waals surface area contributed by atoms with Crippen LogP contribution in [0.25, 0.3) is 10.9 Å². The summed E-state index contributed by atoms with van der Waals surface area (Å²) in [6, 6.07) is 2.27.